The molecule has 0 bridgehead atoms. The van der Waals surface area contributed by atoms with Gasteiger partial charge >= 0.3 is 0 Å². The molecule has 0 spiro atoms. The second kappa shape index (κ2) is 4.60. The Bertz CT molecular complexity index is 417. The summed E-state index contributed by atoms with van der Waals surface area (Å²) in [7, 11) is 0. The molecule has 0 saturated carbocycles. The number of hydrogen-bond acceptors (Lipinski definition) is 3. The van der Waals surface area contributed by atoms with E-state index in [9.17, 15) is 9.90 Å². The van der Waals surface area contributed by atoms with Crippen molar-refractivity contribution >= 4 is 11.4 Å². The lowest BCUT2D eigenvalue weighted by Crippen LogP contribution is -2.17. The Morgan fingerprint density at radius 3 is 2.62 bits per heavy atom. The molecule has 0 fully saturated rings. The molecule has 2 rings (SSSR count). The number of carbonyl (C=O) groups excluding carboxylic acids is 1. The maximum absolute atomic E-state index is 11.1. The molecule has 1 atom stereocenters. The Hall–Kier alpha value is -1.45. The second-order valence-corrected chi connectivity index (χ2v) is 3.86. The van der Waals surface area contributed by atoms with Crippen LogP contribution in [0.15, 0.2) is 30.3 Å². The molecule has 1 heterocycles. The van der Waals surface area contributed by atoms with Gasteiger partial charge in [-0.1, -0.05) is 30.3 Å². The van der Waals surface area contributed by atoms with Crippen LogP contribution in [0.3, 0.4) is 0 Å². The van der Waals surface area contributed by atoms with Gasteiger partial charge in [0.15, 0.2) is 12.1 Å². The third-order valence-corrected chi connectivity index (χ3v) is 2.68. The standard InChI is InChI=1S/C13H14O3/c1-9(14)10-2-4-11(5-3-10)12-6-7-16-13(15)8-12/h2-6,13,15H,7-8H2,1H3. The van der Waals surface area contributed by atoms with E-state index in [1.54, 1.807) is 19.1 Å². The summed E-state index contributed by atoms with van der Waals surface area (Å²) in [6.07, 6.45) is 1.74. The van der Waals surface area contributed by atoms with Gasteiger partial charge in [-0.25, -0.2) is 0 Å². The average Bonchev–Trinajstić information content (AvgIpc) is 2.29. The molecule has 84 valence electrons. The zero-order valence-corrected chi connectivity index (χ0v) is 9.14. The summed E-state index contributed by atoms with van der Waals surface area (Å²) >= 11 is 0. The van der Waals surface area contributed by atoms with Gasteiger partial charge in [-0.2, -0.15) is 0 Å². The molecule has 0 radical (unpaired) electrons. The van der Waals surface area contributed by atoms with Crippen molar-refractivity contribution in [2.24, 2.45) is 0 Å². The second-order valence-electron chi connectivity index (χ2n) is 3.86. The van der Waals surface area contributed by atoms with Crippen LogP contribution in [0.5, 0.6) is 0 Å². The predicted octanol–water partition coefficient (Wildman–Crippen LogP) is 2.01. The number of ketones is 1. The number of rotatable bonds is 2. The van der Waals surface area contributed by atoms with Gasteiger partial charge in [0, 0.05) is 12.0 Å². The lowest BCUT2D eigenvalue weighted by atomic mass is 9.99. The first-order valence-electron chi connectivity index (χ1n) is 5.27. The highest BCUT2D eigenvalue weighted by Crippen LogP contribution is 2.24. The maximum atomic E-state index is 11.1. The van der Waals surface area contributed by atoms with E-state index in [2.05, 4.69) is 0 Å². The Labute approximate surface area is 94.4 Å². The van der Waals surface area contributed by atoms with E-state index in [-0.39, 0.29) is 5.78 Å². The molecule has 3 nitrogen and oxygen atoms in total. The van der Waals surface area contributed by atoms with E-state index < -0.39 is 6.29 Å². The maximum Gasteiger partial charge on any atom is 0.159 e. The van der Waals surface area contributed by atoms with E-state index in [4.69, 9.17) is 4.74 Å². The van der Waals surface area contributed by atoms with Gasteiger partial charge in [0.25, 0.3) is 0 Å². The summed E-state index contributed by atoms with van der Waals surface area (Å²) in [6, 6.07) is 7.42. The van der Waals surface area contributed by atoms with Crippen molar-refractivity contribution in [2.45, 2.75) is 19.6 Å². The van der Waals surface area contributed by atoms with Crippen molar-refractivity contribution in [3.8, 4) is 0 Å². The van der Waals surface area contributed by atoms with Crippen molar-refractivity contribution in [1.82, 2.24) is 0 Å². The van der Waals surface area contributed by atoms with Gasteiger partial charge in [0.2, 0.25) is 0 Å². The summed E-state index contributed by atoms with van der Waals surface area (Å²) in [5.74, 6) is 0.0625. The fraction of sp³-hybridized carbons (Fsp3) is 0.308. The molecular formula is C13H14O3. The Morgan fingerprint density at radius 1 is 1.38 bits per heavy atom. The van der Waals surface area contributed by atoms with Gasteiger partial charge in [-0.05, 0) is 18.1 Å². The minimum atomic E-state index is -0.715. The molecular weight excluding hydrogens is 204 g/mol. The largest absolute Gasteiger partial charge is 0.368 e. The van der Waals surface area contributed by atoms with Crippen molar-refractivity contribution in [3.05, 3.63) is 41.5 Å². The van der Waals surface area contributed by atoms with Crippen LogP contribution in [-0.4, -0.2) is 23.8 Å². The minimum Gasteiger partial charge on any atom is -0.368 e. The highest BCUT2D eigenvalue weighted by molar-refractivity contribution is 5.94. The van der Waals surface area contributed by atoms with Crippen LogP contribution in [0, 0.1) is 0 Å². The van der Waals surface area contributed by atoms with Crippen molar-refractivity contribution in [3.63, 3.8) is 0 Å². The SMILES string of the molecule is CC(=O)c1ccc(C2=CCOC(O)C2)cc1. The number of ether oxygens (including phenoxy) is 1. The molecule has 0 amide bonds. The fourth-order valence-corrected chi connectivity index (χ4v) is 1.74. The molecule has 1 aliphatic heterocycles. The van der Waals surface area contributed by atoms with E-state index in [1.165, 1.54) is 0 Å². The lowest BCUT2D eigenvalue weighted by molar-refractivity contribution is -0.0886. The number of benzene rings is 1. The molecule has 1 aromatic carbocycles. The average molecular weight is 218 g/mol. The van der Waals surface area contributed by atoms with Crippen LogP contribution in [0.25, 0.3) is 5.57 Å². The zero-order valence-electron chi connectivity index (χ0n) is 9.14. The predicted molar refractivity (Wildman–Crippen MR) is 61.0 cm³/mol. The quantitative estimate of drug-likeness (QED) is 0.772. The number of Topliss-reactive ketones (excluding diaryl/α,β-unsaturated/α-hetero) is 1. The summed E-state index contributed by atoms with van der Waals surface area (Å²) in [4.78, 5) is 11.1. The Balaban J connectivity index is 2.21. The summed E-state index contributed by atoms with van der Waals surface area (Å²) in [5, 5.41) is 9.37. The number of carbonyl (C=O) groups is 1. The first-order chi connectivity index (χ1) is 7.66. The van der Waals surface area contributed by atoms with E-state index in [0.29, 0.717) is 18.6 Å². The van der Waals surface area contributed by atoms with E-state index in [0.717, 1.165) is 11.1 Å². The fourth-order valence-electron chi connectivity index (χ4n) is 1.74. The molecule has 3 heteroatoms. The van der Waals surface area contributed by atoms with Crippen LogP contribution in [0.4, 0.5) is 0 Å². The summed E-state index contributed by atoms with van der Waals surface area (Å²) in [5.41, 5.74) is 2.80. The van der Waals surface area contributed by atoms with Crippen LogP contribution in [-0.2, 0) is 4.74 Å². The van der Waals surface area contributed by atoms with Gasteiger partial charge < -0.3 is 9.84 Å². The smallest absolute Gasteiger partial charge is 0.159 e. The first kappa shape index (κ1) is 11.0. The number of hydrogen-bond donors (Lipinski definition) is 1. The lowest BCUT2D eigenvalue weighted by Gasteiger charge is -2.19. The molecule has 16 heavy (non-hydrogen) atoms. The van der Waals surface area contributed by atoms with Crippen LogP contribution in [0.2, 0.25) is 0 Å². The number of aliphatic hydroxyl groups is 1. The van der Waals surface area contributed by atoms with E-state index in [1.807, 2.05) is 18.2 Å². The highest BCUT2D eigenvalue weighted by atomic mass is 16.6. The van der Waals surface area contributed by atoms with Crippen LogP contribution in [0.1, 0.15) is 29.3 Å². The number of aliphatic hydroxyl groups excluding tert-OH is 1. The molecule has 0 saturated heterocycles. The third kappa shape index (κ3) is 2.38. The zero-order chi connectivity index (χ0) is 11.5. The van der Waals surface area contributed by atoms with Crippen LogP contribution >= 0.6 is 0 Å². The Kier molecular flexibility index (Phi) is 3.17. The van der Waals surface area contributed by atoms with Gasteiger partial charge in [0.1, 0.15) is 0 Å². The molecule has 1 unspecified atom stereocenters. The molecule has 0 aromatic heterocycles. The third-order valence-electron chi connectivity index (χ3n) is 2.68. The minimum absolute atomic E-state index is 0.0625. The van der Waals surface area contributed by atoms with Crippen LogP contribution < -0.4 is 0 Å². The summed E-state index contributed by atoms with van der Waals surface area (Å²) < 4.78 is 5.02. The molecule has 1 aliphatic rings. The van der Waals surface area contributed by atoms with Gasteiger partial charge in [-0.3, -0.25) is 4.79 Å². The van der Waals surface area contributed by atoms with E-state index >= 15 is 0 Å². The first-order valence-corrected chi connectivity index (χ1v) is 5.27. The highest BCUT2D eigenvalue weighted by Gasteiger charge is 2.14. The normalized spacial score (nSPS) is 20.4. The molecule has 0 aliphatic carbocycles. The van der Waals surface area contributed by atoms with Crippen molar-refractivity contribution < 1.29 is 14.6 Å². The molecule has 1 aromatic rings. The molecule has 1 N–H and O–H groups in total. The van der Waals surface area contributed by atoms with Crippen molar-refractivity contribution in [1.29, 1.82) is 0 Å². The van der Waals surface area contributed by atoms with Crippen molar-refractivity contribution in [2.75, 3.05) is 6.61 Å². The van der Waals surface area contributed by atoms with Gasteiger partial charge in [0.05, 0.1) is 6.61 Å². The monoisotopic (exact) mass is 218 g/mol. The van der Waals surface area contributed by atoms with Gasteiger partial charge in [-0.15, -0.1) is 0 Å². The topological polar surface area (TPSA) is 46.5 Å². The summed E-state index contributed by atoms with van der Waals surface area (Å²) in [6.45, 7) is 1.98. The Morgan fingerprint density at radius 2 is 2.06 bits per heavy atom.